The average Bonchev–Trinajstić information content (AvgIpc) is 2.61. The third kappa shape index (κ3) is 2.91. The van der Waals surface area contributed by atoms with Gasteiger partial charge in [-0.3, -0.25) is 0 Å². The molecule has 2 unspecified atom stereocenters. The smallest absolute Gasteiger partial charge is 0.321 e. The molecule has 2 fully saturated rings. The molecule has 1 aliphatic carbocycles. The van der Waals surface area contributed by atoms with Crippen LogP contribution in [0.1, 0.15) is 40.0 Å². The number of nitrogens with zero attached hydrogens (tertiary/aromatic N) is 1. The molecule has 114 valence electrons. The van der Waals surface area contributed by atoms with Crippen LogP contribution in [0.4, 0.5) is 10.5 Å². The van der Waals surface area contributed by atoms with E-state index in [1.54, 1.807) is 0 Å². The summed E-state index contributed by atoms with van der Waals surface area (Å²) in [6, 6.07) is 8.01. The summed E-state index contributed by atoms with van der Waals surface area (Å²) in [4.78, 5) is 15.5. The highest BCUT2D eigenvalue weighted by atomic mass is 32.1. The summed E-state index contributed by atoms with van der Waals surface area (Å²) in [5.74, 6) is 0. The molecule has 2 aliphatic rings. The lowest BCUT2D eigenvalue weighted by atomic mass is 9.65. The van der Waals surface area contributed by atoms with Gasteiger partial charge in [0.1, 0.15) is 0 Å². The number of carbonyl (C=O) groups excluding carboxylic acids is 1. The van der Waals surface area contributed by atoms with Crippen molar-refractivity contribution >= 4 is 24.3 Å². The Morgan fingerprint density at radius 1 is 1.29 bits per heavy atom. The number of fused-ring (bicyclic) bond motifs is 2. The Kier molecular flexibility index (Phi) is 3.47. The van der Waals surface area contributed by atoms with Gasteiger partial charge in [0.05, 0.1) is 5.69 Å². The number of rotatable bonds is 1. The van der Waals surface area contributed by atoms with Gasteiger partial charge in [0, 0.05) is 17.5 Å². The molecule has 1 aliphatic heterocycles. The molecular weight excluding hydrogens is 280 g/mol. The second-order valence-corrected chi connectivity index (χ2v) is 8.27. The summed E-state index contributed by atoms with van der Waals surface area (Å²) >= 11 is 4.40. The second kappa shape index (κ2) is 4.94. The molecule has 0 spiro atoms. The standard InChI is InChI=1S/C17H24N2OS/c1-16(2)8-12-9-17(3,10-16)11-19(12)15(20)18-13-6-4-5-7-14(13)21/h4-7,12,21H,8-11H2,1-3H3,(H,18,20). The summed E-state index contributed by atoms with van der Waals surface area (Å²) in [6.45, 7) is 7.83. The van der Waals surface area contributed by atoms with E-state index in [0.29, 0.717) is 11.5 Å². The lowest BCUT2D eigenvalue weighted by Gasteiger charge is -2.39. The highest BCUT2D eigenvalue weighted by Crippen LogP contribution is 2.52. The normalized spacial score (nSPS) is 30.3. The van der Waals surface area contributed by atoms with Gasteiger partial charge in [-0.05, 0) is 42.2 Å². The van der Waals surface area contributed by atoms with Crippen LogP contribution in [-0.2, 0) is 0 Å². The number of nitrogens with one attached hydrogen (secondary N) is 1. The van der Waals surface area contributed by atoms with E-state index in [4.69, 9.17) is 0 Å². The SMILES string of the molecule is CC1(C)CC2CC(C)(CN2C(=O)Nc2ccccc2S)C1. The van der Waals surface area contributed by atoms with E-state index >= 15 is 0 Å². The first-order valence-electron chi connectivity index (χ1n) is 7.64. The van der Waals surface area contributed by atoms with Crippen molar-refractivity contribution in [2.75, 3.05) is 11.9 Å². The first-order valence-corrected chi connectivity index (χ1v) is 8.08. The summed E-state index contributed by atoms with van der Waals surface area (Å²) in [5.41, 5.74) is 1.38. The number of para-hydroxylation sites is 1. The zero-order valence-electron chi connectivity index (χ0n) is 13.0. The fourth-order valence-electron chi connectivity index (χ4n) is 4.46. The molecule has 1 aromatic carbocycles. The van der Waals surface area contributed by atoms with Crippen molar-refractivity contribution in [3.8, 4) is 0 Å². The molecule has 4 heteroatoms. The van der Waals surface area contributed by atoms with E-state index in [1.165, 1.54) is 6.42 Å². The van der Waals surface area contributed by atoms with Crippen molar-refractivity contribution < 1.29 is 4.79 Å². The monoisotopic (exact) mass is 304 g/mol. The number of hydrogen-bond acceptors (Lipinski definition) is 2. The number of carbonyl (C=O) groups is 1. The topological polar surface area (TPSA) is 32.3 Å². The van der Waals surface area contributed by atoms with Gasteiger partial charge >= 0.3 is 6.03 Å². The van der Waals surface area contributed by atoms with Crippen molar-refractivity contribution in [2.24, 2.45) is 10.8 Å². The Balaban J connectivity index is 1.76. The molecule has 0 aromatic heterocycles. The Labute approximate surface area is 132 Å². The average molecular weight is 304 g/mol. The molecule has 1 saturated carbocycles. The van der Waals surface area contributed by atoms with Gasteiger partial charge in [0.2, 0.25) is 0 Å². The molecule has 3 rings (SSSR count). The summed E-state index contributed by atoms with van der Waals surface area (Å²) in [7, 11) is 0. The number of thiol groups is 1. The minimum atomic E-state index is 0.0166. The maximum Gasteiger partial charge on any atom is 0.322 e. The number of hydrogen-bond donors (Lipinski definition) is 2. The summed E-state index contributed by atoms with van der Waals surface area (Å²) < 4.78 is 0. The van der Waals surface area contributed by atoms with Crippen molar-refractivity contribution in [3.63, 3.8) is 0 Å². The molecule has 2 atom stereocenters. The van der Waals surface area contributed by atoms with Crippen LogP contribution in [0.25, 0.3) is 0 Å². The Morgan fingerprint density at radius 3 is 2.71 bits per heavy atom. The fraction of sp³-hybridized carbons (Fsp3) is 0.588. The van der Waals surface area contributed by atoms with Gasteiger partial charge in [-0.2, -0.15) is 0 Å². The van der Waals surface area contributed by atoms with Gasteiger partial charge in [-0.15, -0.1) is 12.6 Å². The molecule has 1 N–H and O–H groups in total. The van der Waals surface area contributed by atoms with Crippen LogP contribution >= 0.6 is 12.6 Å². The van der Waals surface area contributed by atoms with E-state index in [9.17, 15) is 4.79 Å². The molecule has 0 radical (unpaired) electrons. The molecule has 1 aromatic rings. The van der Waals surface area contributed by atoms with Crippen LogP contribution in [-0.4, -0.2) is 23.5 Å². The highest BCUT2D eigenvalue weighted by Gasteiger charge is 2.51. The van der Waals surface area contributed by atoms with E-state index in [0.717, 1.165) is 30.0 Å². The number of likely N-dealkylation sites (tertiary alicyclic amines) is 1. The molecule has 3 nitrogen and oxygen atoms in total. The fourth-order valence-corrected chi connectivity index (χ4v) is 4.68. The van der Waals surface area contributed by atoms with E-state index < -0.39 is 0 Å². The van der Waals surface area contributed by atoms with Crippen molar-refractivity contribution in [1.29, 1.82) is 0 Å². The third-order valence-corrected chi connectivity index (χ3v) is 5.21. The Hall–Kier alpha value is -1.16. The maximum atomic E-state index is 12.6. The second-order valence-electron chi connectivity index (χ2n) is 7.79. The minimum Gasteiger partial charge on any atom is -0.321 e. The van der Waals surface area contributed by atoms with E-state index in [2.05, 4.69) is 38.7 Å². The zero-order valence-corrected chi connectivity index (χ0v) is 13.9. The van der Waals surface area contributed by atoms with Crippen molar-refractivity contribution in [2.45, 2.75) is 51.0 Å². The summed E-state index contributed by atoms with van der Waals surface area (Å²) in [6.07, 6.45) is 3.42. The predicted molar refractivity (Wildman–Crippen MR) is 88.9 cm³/mol. The van der Waals surface area contributed by atoms with E-state index in [-0.39, 0.29) is 11.4 Å². The number of anilines is 1. The number of amides is 2. The molecule has 1 heterocycles. The largest absolute Gasteiger partial charge is 0.322 e. The summed E-state index contributed by atoms with van der Waals surface area (Å²) in [5, 5.41) is 3.02. The maximum absolute atomic E-state index is 12.6. The van der Waals surface area contributed by atoms with Crippen molar-refractivity contribution in [1.82, 2.24) is 4.90 Å². The van der Waals surface area contributed by atoms with Gasteiger partial charge in [-0.1, -0.05) is 32.9 Å². The lowest BCUT2D eigenvalue weighted by Crippen LogP contribution is -2.40. The third-order valence-electron chi connectivity index (χ3n) is 4.82. The van der Waals surface area contributed by atoms with Gasteiger partial charge in [-0.25, -0.2) is 4.79 Å². The van der Waals surface area contributed by atoms with Crippen LogP contribution in [0, 0.1) is 10.8 Å². The molecule has 1 saturated heterocycles. The van der Waals surface area contributed by atoms with Gasteiger partial charge in [0.15, 0.2) is 0 Å². The number of benzene rings is 1. The van der Waals surface area contributed by atoms with Gasteiger partial charge < -0.3 is 10.2 Å². The lowest BCUT2D eigenvalue weighted by molar-refractivity contribution is 0.130. The van der Waals surface area contributed by atoms with Crippen molar-refractivity contribution in [3.05, 3.63) is 24.3 Å². The Morgan fingerprint density at radius 2 is 2.00 bits per heavy atom. The van der Waals surface area contributed by atoms with Crippen LogP contribution in [0.15, 0.2) is 29.2 Å². The molecular formula is C17H24N2OS. The predicted octanol–water partition coefficient (Wildman–Crippen LogP) is 4.41. The van der Waals surface area contributed by atoms with Crippen LogP contribution in [0.2, 0.25) is 0 Å². The first kappa shape index (κ1) is 14.8. The highest BCUT2D eigenvalue weighted by molar-refractivity contribution is 7.80. The quantitative estimate of drug-likeness (QED) is 0.740. The molecule has 2 bridgehead atoms. The van der Waals surface area contributed by atoms with Crippen LogP contribution in [0.5, 0.6) is 0 Å². The van der Waals surface area contributed by atoms with Gasteiger partial charge in [0.25, 0.3) is 0 Å². The van der Waals surface area contributed by atoms with Crippen LogP contribution < -0.4 is 5.32 Å². The zero-order chi connectivity index (χ0) is 15.3. The Bertz CT molecular complexity index is 572. The number of urea groups is 1. The minimum absolute atomic E-state index is 0.0166. The van der Waals surface area contributed by atoms with Crippen LogP contribution in [0.3, 0.4) is 0 Å². The van der Waals surface area contributed by atoms with E-state index in [1.807, 2.05) is 29.2 Å². The molecule has 21 heavy (non-hydrogen) atoms. The first-order chi connectivity index (χ1) is 9.78. The molecule has 2 amide bonds.